The summed E-state index contributed by atoms with van der Waals surface area (Å²) in [6.45, 7) is 9.42. The Labute approximate surface area is 205 Å². The molecular formula is C27H33N7O. The molecule has 0 spiro atoms. The Bertz CT molecular complexity index is 1310. The van der Waals surface area contributed by atoms with Gasteiger partial charge in [-0.1, -0.05) is 6.92 Å². The van der Waals surface area contributed by atoms with E-state index in [2.05, 4.69) is 45.7 Å². The first-order valence-electron chi connectivity index (χ1n) is 12.8. The van der Waals surface area contributed by atoms with E-state index in [1.54, 1.807) is 0 Å². The second-order valence-corrected chi connectivity index (χ2v) is 9.84. The molecule has 0 aromatic carbocycles. The van der Waals surface area contributed by atoms with Crippen LogP contribution in [0.4, 0.5) is 0 Å². The van der Waals surface area contributed by atoms with Crippen LogP contribution < -0.4 is 0 Å². The van der Waals surface area contributed by atoms with E-state index in [9.17, 15) is 0 Å². The molecule has 35 heavy (non-hydrogen) atoms. The molecule has 2 fully saturated rings. The maximum atomic E-state index is 5.52. The average molecular weight is 472 g/mol. The van der Waals surface area contributed by atoms with Gasteiger partial charge in [0, 0.05) is 73.2 Å². The highest BCUT2D eigenvalue weighted by Crippen LogP contribution is 2.32. The van der Waals surface area contributed by atoms with E-state index < -0.39 is 0 Å². The summed E-state index contributed by atoms with van der Waals surface area (Å²) in [7, 11) is 0. The summed E-state index contributed by atoms with van der Waals surface area (Å²) in [6, 6.07) is 2.66. The molecule has 2 aliphatic heterocycles. The quantitative estimate of drug-likeness (QED) is 0.452. The van der Waals surface area contributed by atoms with Crippen molar-refractivity contribution in [2.75, 3.05) is 32.8 Å². The van der Waals surface area contributed by atoms with Crippen LogP contribution in [0.2, 0.25) is 0 Å². The molecule has 0 radical (unpaired) electrons. The number of nitrogens with one attached hydrogen (secondary N) is 1. The smallest absolute Gasteiger partial charge is 0.156 e. The van der Waals surface area contributed by atoms with Gasteiger partial charge in [-0.15, -0.1) is 0 Å². The van der Waals surface area contributed by atoms with Gasteiger partial charge in [-0.05, 0) is 50.8 Å². The highest BCUT2D eigenvalue weighted by molar-refractivity contribution is 5.91. The minimum atomic E-state index is 0.460. The lowest BCUT2D eigenvalue weighted by molar-refractivity contribution is 0.0844. The number of ether oxygens (including phenoxy) is 1. The van der Waals surface area contributed by atoms with Gasteiger partial charge in [0.05, 0.1) is 24.1 Å². The summed E-state index contributed by atoms with van der Waals surface area (Å²) < 4.78 is 7.66. The molecule has 6 heterocycles. The van der Waals surface area contributed by atoms with Gasteiger partial charge in [-0.3, -0.25) is 9.67 Å². The third kappa shape index (κ3) is 4.36. The third-order valence-electron chi connectivity index (χ3n) is 7.69. The molecule has 0 saturated carbocycles. The van der Waals surface area contributed by atoms with E-state index in [0.717, 1.165) is 92.1 Å². The standard InChI is InChI=1S/C27H33N7O/c1-3-33-8-4-22(5-9-33)34-17-21(14-31-34)23-15-29-27-26(23)32-24(16-30-27)20-12-18(2)25(28-13-20)19-6-10-35-11-7-19/h12-17,19,22H,3-11H2,1-2H3,(H,29,30). The van der Waals surface area contributed by atoms with Crippen LogP contribution in [0.1, 0.15) is 55.8 Å². The second kappa shape index (κ2) is 9.51. The minimum Gasteiger partial charge on any atom is -0.381 e. The molecule has 2 aliphatic rings. The topological polar surface area (TPSA) is 84.8 Å². The lowest BCUT2D eigenvalue weighted by Crippen LogP contribution is -2.34. The van der Waals surface area contributed by atoms with Crippen molar-refractivity contribution >= 4 is 11.2 Å². The number of pyridine rings is 1. The van der Waals surface area contributed by atoms with Crippen LogP contribution in [0, 0.1) is 6.92 Å². The monoisotopic (exact) mass is 471 g/mol. The minimum absolute atomic E-state index is 0.460. The van der Waals surface area contributed by atoms with Crippen molar-refractivity contribution in [1.29, 1.82) is 0 Å². The molecule has 0 aliphatic carbocycles. The predicted octanol–water partition coefficient (Wildman–Crippen LogP) is 4.74. The van der Waals surface area contributed by atoms with E-state index in [1.165, 1.54) is 11.3 Å². The Morgan fingerprint density at radius 2 is 1.86 bits per heavy atom. The SMILES string of the molecule is CCN1CCC(n2cc(-c3c[nH]c4ncc(-c5cnc(C6CCOCC6)c(C)c5)nc34)cn2)CC1. The zero-order valence-corrected chi connectivity index (χ0v) is 20.6. The number of piperidine rings is 1. The molecular weight excluding hydrogens is 438 g/mol. The normalized spacial score (nSPS) is 18.5. The van der Waals surface area contributed by atoms with Crippen molar-refractivity contribution in [3.63, 3.8) is 0 Å². The van der Waals surface area contributed by atoms with Crippen LogP contribution in [-0.2, 0) is 4.74 Å². The van der Waals surface area contributed by atoms with Crippen molar-refractivity contribution in [1.82, 2.24) is 34.6 Å². The van der Waals surface area contributed by atoms with Crippen LogP contribution in [0.15, 0.2) is 37.1 Å². The van der Waals surface area contributed by atoms with Crippen molar-refractivity contribution in [2.45, 2.75) is 51.5 Å². The Hall–Kier alpha value is -3.10. The van der Waals surface area contributed by atoms with Gasteiger partial charge in [0.2, 0.25) is 0 Å². The summed E-state index contributed by atoms with van der Waals surface area (Å²) in [4.78, 5) is 20.3. The lowest BCUT2D eigenvalue weighted by atomic mass is 9.92. The van der Waals surface area contributed by atoms with Crippen LogP contribution >= 0.6 is 0 Å². The molecule has 0 atom stereocenters. The van der Waals surface area contributed by atoms with Gasteiger partial charge in [-0.2, -0.15) is 5.10 Å². The molecule has 8 nitrogen and oxygen atoms in total. The number of rotatable bonds is 5. The lowest BCUT2D eigenvalue weighted by Gasteiger charge is -2.31. The number of aromatic amines is 1. The fourth-order valence-corrected chi connectivity index (χ4v) is 5.55. The molecule has 2 saturated heterocycles. The number of hydrogen-bond donors (Lipinski definition) is 1. The van der Waals surface area contributed by atoms with Crippen LogP contribution in [0.3, 0.4) is 0 Å². The van der Waals surface area contributed by atoms with E-state index in [4.69, 9.17) is 19.8 Å². The first-order chi connectivity index (χ1) is 17.2. The van der Waals surface area contributed by atoms with E-state index in [1.807, 2.05) is 24.8 Å². The number of H-pyrrole nitrogens is 1. The maximum Gasteiger partial charge on any atom is 0.156 e. The number of nitrogens with zero attached hydrogens (tertiary/aromatic N) is 6. The molecule has 182 valence electrons. The van der Waals surface area contributed by atoms with Crippen molar-refractivity contribution < 1.29 is 4.74 Å². The first-order valence-corrected chi connectivity index (χ1v) is 12.8. The number of hydrogen-bond acceptors (Lipinski definition) is 6. The van der Waals surface area contributed by atoms with Crippen molar-refractivity contribution in [3.05, 3.63) is 48.3 Å². The fourth-order valence-electron chi connectivity index (χ4n) is 5.55. The Morgan fingerprint density at radius 1 is 1.03 bits per heavy atom. The van der Waals surface area contributed by atoms with E-state index in [0.29, 0.717) is 12.0 Å². The number of aromatic nitrogens is 6. The number of likely N-dealkylation sites (tertiary alicyclic amines) is 1. The van der Waals surface area contributed by atoms with E-state index in [-0.39, 0.29) is 0 Å². The fraction of sp³-hybridized carbons (Fsp3) is 0.481. The molecule has 6 rings (SSSR count). The van der Waals surface area contributed by atoms with Crippen LogP contribution in [0.25, 0.3) is 33.5 Å². The summed E-state index contributed by atoms with van der Waals surface area (Å²) in [6.07, 6.45) is 14.3. The summed E-state index contributed by atoms with van der Waals surface area (Å²) in [5, 5.41) is 4.72. The summed E-state index contributed by atoms with van der Waals surface area (Å²) in [5.41, 5.74) is 8.00. The summed E-state index contributed by atoms with van der Waals surface area (Å²) >= 11 is 0. The number of aryl methyl sites for hydroxylation is 1. The highest BCUT2D eigenvalue weighted by atomic mass is 16.5. The van der Waals surface area contributed by atoms with Crippen LogP contribution in [0.5, 0.6) is 0 Å². The zero-order chi connectivity index (χ0) is 23.8. The number of fused-ring (bicyclic) bond motifs is 1. The molecule has 0 amide bonds. The van der Waals surface area contributed by atoms with Gasteiger partial charge in [0.1, 0.15) is 5.52 Å². The Morgan fingerprint density at radius 3 is 2.63 bits per heavy atom. The Balaban J connectivity index is 1.27. The second-order valence-electron chi connectivity index (χ2n) is 9.84. The summed E-state index contributed by atoms with van der Waals surface area (Å²) in [5.74, 6) is 0.480. The third-order valence-corrected chi connectivity index (χ3v) is 7.69. The molecule has 0 unspecified atom stereocenters. The molecule has 1 N–H and O–H groups in total. The predicted molar refractivity (Wildman–Crippen MR) is 136 cm³/mol. The van der Waals surface area contributed by atoms with Crippen molar-refractivity contribution in [3.8, 4) is 22.4 Å². The Kier molecular flexibility index (Phi) is 6.08. The van der Waals surface area contributed by atoms with Crippen molar-refractivity contribution in [2.24, 2.45) is 0 Å². The molecule has 0 bridgehead atoms. The van der Waals surface area contributed by atoms with E-state index >= 15 is 0 Å². The van der Waals surface area contributed by atoms with Gasteiger partial charge < -0.3 is 14.6 Å². The van der Waals surface area contributed by atoms with Gasteiger partial charge in [-0.25, -0.2) is 9.97 Å². The molecule has 4 aromatic rings. The largest absolute Gasteiger partial charge is 0.381 e. The highest BCUT2D eigenvalue weighted by Gasteiger charge is 2.22. The van der Waals surface area contributed by atoms with Gasteiger partial charge >= 0.3 is 0 Å². The first kappa shape index (κ1) is 22.4. The molecule has 4 aromatic heterocycles. The van der Waals surface area contributed by atoms with Gasteiger partial charge in [0.25, 0.3) is 0 Å². The van der Waals surface area contributed by atoms with Crippen LogP contribution in [-0.4, -0.2) is 67.5 Å². The zero-order valence-electron chi connectivity index (χ0n) is 20.6. The maximum absolute atomic E-state index is 5.52. The van der Waals surface area contributed by atoms with Gasteiger partial charge in [0.15, 0.2) is 5.65 Å². The average Bonchev–Trinajstić information content (AvgIpc) is 3.56. The molecule has 8 heteroatoms.